The Morgan fingerprint density at radius 1 is 1.29 bits per heavy atom. The van der Waals surface area contributed by atoms with Gasteiger partial charge in [0.25, 0.3) is 0 Å². The lowest BCUT2D eigenvalue weighted by Gasteiger charge is -2.43. The number of aromatic carboxylic acids is 1. The van der Waals surface area contributed by atoms with Crippen molar-refractivity contribution in [2.24, 2.45) is 0 Å². The van der Waals surface area contributed by atoms with E-state index in [1.165, 1.54) is 17.0 Å². The van der Waals surface area contributed by atoms with E-state index >= 15 is 0 Å². The minimum atomic E-state index is -1.12. The minimum absolute atomic E-state index is 0.0292. The van der Waals surface area contributed by atoms with E-state index in [2.05, 4.69) is 15.3 Å². The number of carbonyl (C=O) groups is 2. The number of anilines is 3. The lowest BCUT2D eigenvalue weighted by Crippen LogP contribution is -2.57. The van der Waals surface area contributed by atoms with Gasteiger partial charge < -0.3 is 26.0 Å². The Morgan fingerprint density at radius 2 is 2.13 bits per heavy atom. The second kappa shape index (κ2) is 8.84. The van der Waals surface area contributed by atoms with Crippen LogP contribution in [0.5, 0.6) is 0 Å². The number of nitrogens with zero attached hydrogens (tertiary/aromatic N) is 4. The molecule has 10 heteroatoms. The number of nitrogens with two attached hydrogens (primary N) is 1. The molecule has 1 aromatic heterocycles. The fourth-order valence-corrected chi connectivity index (χ4v) is 4.36. The molecule has 0 radical (unpaired) electrons. The Morgan fingerprint density at radius 3 is 2.87 bits per heavy atom. The molecule has 164 valence electrons. The van der Waals surface area contributed by atoms with Crippen LogP contribution in [0.25, 0.3) is 0 Å². The van der Waals surface area contributed by atoms with Gasteiger partial charge >= 0.3 is 5.97 Å². The van der Waals surface area contributed by atoms with Crippen molar-refractivity contribution in [2.75, 3.05) is 30.3 Å². The number of carboxylic acids is 1. The predicted molar refractivity (Wildman–Crippen MR) is 113 cm³/mol. The molecule has 1 unspecified atom stereocenters. The summed E-state index contributed by atoms with van der Waals surface area (Å²) in [6.07, 6.45) is 4.26. The number of hydrogen-bond donors (Lipinski definition) is 3. The molecule has 1 aromatic carbocycles. The average molecular weight is 428 g/mol. The lowest BCUT2D eigenvalue weighted by atomic mass is 9.97. The van der Waals surface area contributed by atoms with Gasteiger partial charge in [-0.25, -0.2) is 14.8 Å². The van der Waals surface area contributed by atoms with E-state index in [4.69, 9.17) is 5.73 Å². The Hall–Kier alpha value is -3.27. The summed E-state index contributed by atoms with van der Waals surface area (Å²) in [5.74, 6) is -2.56. The van der Waals surface area contributed by atoms with Crippen molar-refractivity contribution in [1.29, 1.82) is 0 Å². The highest BCUT2D eigenvalue weighted by Gasteiger charge is 2.39. The van der Waals surface area contributed by atoms with E-state index in [0.29, 0.717) is 18.7 Å². The van der Waals surface area contributed by atoms with Crippen molar-refractivity contribution in [3.8, 4) is 0 Å². The number of aromatic nitrogens is 2. The molecule has 2 aliphatic heterocycles. The quantitative estimate of drug-likeness (QED) is 0.658. The summed E-state index contributed by atoms with van der Waals surface area (Å²) >= 11 is 0. The van der Waals surface area contributed by atoms with Crippen LogP contribution in [-0.2, 0) is 4.79 Å². The minimum Gasteiger partial charge on any atom is -0.478 e. The van der Waals surface area contributed by atoms with Crippen LogP contribution >= 0.6 is 0 Å². The summed E-state index contributed by atoms with van der Waals surface area (Å²) in [5, 5.41) is 12.7. The SMILES string of the molecule is Nc1ncnc(N(c2cccc(C(=O)O)c2)C2CCCN([C@@H]3CCCNC3)C2=O)c1F. The lowest BCUT2D eigenvalue weighted by molar-refractivity contribution is -0.137. The van der Waals surface area contributed by atoms with Crippen molar-refractivity contribution >= 4 is 29.2 Å². The molecule has 31 heavy (non-hydrogen) atoms. The van der Waals surface area contributed by atoms with Gasteiger partial charge in [0.05, 0.1) is 5.56 Å². The number of likely N-dealkylation sites (tertiary alicyclic amines) is 1. The molecule has 2 atom stereocenters. The number of nitrogen functional groups attached to an aromatic ring is 1. The molecule has 9 nitrogen and oxygen atoms in total. The second-order valence-corrected chi connectivity index (χ2v) is 7.81. The first kappa shape index (κ1) is 21.0. The van der Waals surface area contributed by atoms with Crippen molar-refractivity contribution in [2.45, 2.75) is 37.8 Å². The Balaban J connectivity index is 1.77. The first-order valence-electron chi connectivity index (χ1n) is 10.4. The molecule has 3 heterocycles. The van der Waals surface area contributed by atoms with E-state index in [1.54, 1.807) is 12.1 Å². The summed E-state index contributed by atoms with van der Waals surface area (Å²) in [4.78, 5) is 36.2. The molecule has 0 aliphatic carbocycles. The Bertz CT molecular complexity index is 981. The van der Waals surface area contributed by atoms with Crippen molar-refractivity contribution < 1.29 is 19.1 Å². The van der Waals surface area contributed by atoms with Gasteiger partial charge in [-0.3, -0.25) is 4.79 Å². The Kier molecular flexibility index (Phi) is 5.99. The molecule has 2 aliphatic rings. The van der Waals surface area contributed by atoms with Crippen LogP contribution < -0.4 is 16.0 Å². The van der Waals surface area contributed by atoms with Crippen LogP contribution in [0, 0.1) is 5.82 Å². The number of piperidine rings is 2. The molecule has 2 fully saturated rings. The molecule has 0 bridgehead atoms. The largest absolute Gasteiger partial charge is 0.478 e. The number of rotatable bonds is 5. The number of halogens is 1. The van der Waals surface area contributed by atoms with Crippen molar-refractivity contribution in [3.63, 3.8) is 0 Å². The highest BCUT2D eigenvalue weighted by molar-refractivity contribution is 5.92. The van der Waals surface area contributed by atoms with E-state index in [0.717, 1.165) is 38.7 Å². The van der Waals surface area contributed by atoms with Gasteiger partial charge in [-0.15, -0.1) is 0 Å². The molecule has 4 N–H and O–H groups in total. The van der Waals surface area contributed by atoms with Crippen LogP contribution in [-0.4, -0.2) is 63.6 Å². The third kappa shape index (κ3) is 4.15. The number of hydrogen-bond acceptors (Lipinski definition) is 7. The molecule has 4 rings (SSSR count). The molecule has 1 amide bonds. The van der Waals surface area contributed by atoms with Gasteiger partial charge in [0.15, 0.2) is 11.6 Å². The van der Waals surface area contributed by atoms with Gasteiger partial charge in [0.2, 0.25) is 11.7 Å². The van der Waals surface area contributed by atoms with Gasteiger partial charge in [-0.2, -0.15) is 4.39 Å². The number of benzene rings is 1. The van der Waals surface area contributed by atoms with Gasteiger partial charge in [0, 0.05) is 24.8 Å². The summed E-state index contributed by atoms with van der Waals surface area (Å²) in [6.45, 7) is 2.29. The predicted octanol–water partition coefficient (Wildman–Crippen LogP) is 1.78. The molecule has 2 saturated heterocycles. The summed E-state index contributed by atoms with van der Waals surface area (Å²) in [6, 6.07) is 5.40. The van der Waals surface area contributed by atoms with Crippen LogP contribution in [0.4, 0.5) is 21.7 Å². The third-order valence-electron chi connectivity index (χ3n) is 5.87. The second-order valence-electron chi connectivity index (χ2n) is 7.81. The van der Waals surface area contributed by atoms with Crippen molar-refractivity contribution in [1.82, 2.24) is 20.2 Å². The topological polar surface area (TPSA) is 125 Å². The van der Waals surface area contributed by atoms with E-state index < -0.39 is 17.8 Å². The standard InChI is InChI=1S/C21H25FN6O3/c22-17-18(23)25-12-26-19(17)28(14-5-1-4-13(10-14)21(30)31)16-7-3-9-27(20(16)29)15-6-2-8-24-11-15/h1,4-5,10,12,15-16,24H,2-3,6-9,11H2,(H,30,31)(H2,23,25,26)/t15-,16?/m1/s1. The maximum atomic E-state index is 15.0. The van der Waals surface area contributed by atoms with Gasteiger partial charge in [-0.1, -0.05) is 6.07 Å². The van der Waals surface area contributed by atoms with Crippen molar-refractivity contribution in [3.05, 3.63) is 42.0 Å². The Labute approximate surface area is 179 Å². The third-order valence-corrected chi connectivity index (χ3v) is 5.87. The fourth-order valence-electron chi connectivity index (χ4n) is 4.36. The molecular formula is C21H25FN6O3. The highest BCUT2D eigenvalue weighted by atomic mass is 19.1. The van der Waals surface area contributed by atoms with E-state index in [-0.39, 0.29) is 29.1 Å². The monoisotopic (exact) mass is 428 g/mol. The summed E-state index contributed by atoms with van der Waals surface area (Å²) in [5.41, 5.74) is 6.06. The normalized spacial score (nSPS) is 21.7. The van der Waals surface area contributed by atoms with Crippen LogP contribution in [0.3, 0.4) is 0 Å². The number of carbonyl (C=O) groups excluding carboxylic acids is 1. The fraction of sp³-hybridized carbons (Fsp3) is 0.429. The highest BCUT2D eigenvalue weighted by Crippen LogP contribution is 2.34. The average Bonchev–Trinajstić information content (AvgIpc) is 2.79. The smallest absolute Gasteiger partial charge is 0.335 e. The zero-order valence-electron chi connectivity index (χ0n) is 17.0. The van der Waals surface area contributed by atoms with Crippen LogP contribution in [0.1, 0.15) is 36.0 Å². The number of carboxylic acid groups (broad SMARTS) is 1. The van der Waals surface area contributed by atoms with Crippen LogP contribution in [0.2, 0.25) is 0 Å². The maximum Gasteiger partial charge on any atom is 0.335 e. The first-order valence-corrected chi connectivity index (χ1v) is 10.4. The zero-order chi connectivity index (χ0) is 22.0. The summed E-state index contributed by atoms with van der Waals surface area (Å²) in [7, 11) is 0. The number of amides is 1. The first-order chi connectivity index (χ1) is 15.0. The van der Waals surface area contributed by atoms with Gasteiger partial charge in [0.1, 0.15) is 12.4 Å². The van der Waals surface area contributed by atoms with Gasteiger partial charge in [-0.05, 0) is 50.4 Å². The van der Waals surface area contributed by atoms with E-state index in [1.807, 2.05) is 4.90 Å². The zero-order valence-corrected chi connectivity index (χ0v) is 17.0. The van der Waals surface area contributed by atoms with Crippen LogP contribution in [0.15, 0.2) is 30.6 Å². The summed E-state index contributed by atoms with van der Waals surface area (Å²) < 4.78 is 15.0. The molecule has 0 spiro atoms. The molecule has 0 saturated carbocycles. The van der Waals surface area contributed by atoms with E-state index in [9.17, 15) is 19.1 Å². The maximum absolute atomic E-state index is 15.0. The molecule has 2 aromatic rings. The molecular weight excluding hydrogens is 403 g/mol. The number of nitrogens with one attached hydrogen (secondary N) is 1.